The highest BCUT2D eigenvalue weighted by molar-refractivity contribution is 6.30. The molecule has 16 heavy (non-hydrogen) atoms. The summed E-state index contributed by atoms with van der Waals surface area (Å²) in [6.07, 6.45) is 1.62. The van der Waals surface area contributed by atoms with Crippen LogP contribution in [0.3, 0.4) is 0 Å². The van der Waals surface area contributed by atoms with E-state index in [9.17, 15) is 4.79 Å². The maximum Gasteiger partial charge on any atom is 0.227 e. The predicted octanol–water partition coefficient (Wildman–Crippen LogP) is 3.49. The van der Waals surface area contributed by atoms with Gasteiger partial charge in [-0.1, -0.05) is 25.4 Å². The van der Waals surface area contributed by atoms with Crippen LogP contribution in [0.25, 0.3) is 0 Å². The number of carbonyl (C=O) groups excluding carboxylic acids is 1. The largest absolute Gasteiger partial charge is 0.309 e. The fourth-order valence-electron chi connectivity index (χ4n) is 2.27. The molecule has 1 heterocycles. The summed E-state index contributed by atoms with van der Waals surface area (Å²) >= 11 is 5.85. The maximum absolute atomic E-state index is 11.9. The Labute approximate surface area is 101 Å². The lowest BCUT2D eigenvalue weighted by Gasteiger charge is -2.27. The molecule has 0 aliphatic carbocycles. The summed E-state index contributed by atoms with van der Waals surface area (Å²) < 4.78 is 0. The molecule has 0 bridgehead atoms. The molecule has 2 nitrogen and oxygen atoms in total. The number of amides is 1. The third-order valence-electron chi connectivity index (χ3n) is 3.13. The van der Waals surface area contributed by atoms with Gasteiger partial charge in [0.05, 0.1) is 0 Å². The summed E-state index contributed by atoms with van der Waals surface area (Å²) in [6, 6.07) is 7.83. The minimum Gasteiger partial charge on any atom is -0.309 e. The van der Waals surface area contributed by atoms with E-state index in [1.807, 2.05) is 29.2 Å². The SMILES string of the molecule is CC(C)C1CCC(=O)N1c1ccc(Cl)cc1. The van der Waals surface area contributed by atoms with E-state index in [2.05, 4.69) is 13.8 Å². The van der Waals surface area contributed by atoms with Crippen molar-refractivity contribution in [2.75, 3.05) is 4.90 Å². The molecule has 0 radical (unpaired) electrons. The molecule has 1 unspecified atom stereocenters. The van der Waals surface area contributed by atoms with Crippen molar-refractivity contribution in [3.05, 3.63) is 29.3 Å². The molecule has 1 aliphatic heterocycles. The Morgan fingerprint density at radius 3 is 2.50 bits per heavy atom. The highest BCUT2D eigenvalue weighted by Gasteiger charge is 2.33. The normalized spacial score (nSPS) is 20.9. The minimum atomic E-state index is 0.223. The van der Waals surface area contributed by atoms with E-state index in [1.54, 1.807) is 0 Å². The van der Waals surface area contributed by atoms with E-state index in [4.69, 9.17) is 11.6 Å². The molecule has 2 rings (SSSR count). The molecular weight excluding hydrogens is 222 g/mol. The molecule has 0 spiro atoms. The van der Waals surface area contributed by atoms with Crippen LogP contribution in [0.15, 0.2) is 24.3 Å². The molecule has 0 N–H and O–H groups in total. The smallest absolute Gasteiger partial charge is 0.227 e. The van der Waals surface area contributed by atoms with E-state index in [0.717, 1.165) is 12.1 Å². The van der Waals surface area contributed by atoms with Gasteiger partial charge in [0.25, 0.3) is 0 Å². The van der Waals surface area contributed by atoms with Gasteiger partial charge in [0.15, 0.2) is 0 Å². The average molecular weight is 238 g/mol. The molecule has 0 aromatic heterocycles. The van der Waals surface area contributed by atoms with Crippen LogP contribution in [0.5, 0.6) is 0 Å². The number of anilines is 1. The van der Waals surface area contributed by atoms with Crippen LogP contribution in [0.4, 0.5) is 5.69 Å². The molecule has 1 atom stereocenters. The van der Waals surface area contributed by atoms with Crippen molar-refractivity contribution in [3.8, 4) is 0 Å². The van der Waals surface area contributed by atoms with Crippen molar-refractivity contribution in [2.45, 2.75) is 32.7 Å². The summed E-state index contributed by atoms with van der Waals surface area (Å²) in [6.45, 7) is 4.32. The van der Waals surface area contributed by atoms with Crippen molar-refractivity contribution >= 4 is 23.2 Å². The van der Waals surface area contributed by atoms with Crippen molar-refractivity contribution < 1.29 is 4.79 Å². The second-order valence-electron chi connectivity index (χ2n) is 4.59. The van der Waals surface area contributed by atoms with Gasteiger partial charge >= 0.3 is 0 Å². The second kappa shape index (κ2) is 4.46. The zero-order valence-corrected chi connectivity index (χ0v) is 10.4. The molecule has 1 aromatic carbocycles. The summed E-state index contributed by atoms with van der Waals surface area (Å²) in [7, 11) is 0. The first-order valence-corrected chi connectivity index (χ1v) is 6.05. The number of hydrogen-bond donors (Lipinski definition) is 0. The van der Waals surface area contributed by atoms with Gasteiger partial charge in [-0.25, -0.2) is 0 Å². The summed E-state index contributed by atoms with van der Waals surface area (Å²) in [5.41, 5.74) is 0.964. The standard InChI is InChI=1S/C13H16ClNO/c1-9(2)12-7-8-13(16)15(12)11-5-3-10(14)4-6-11/h3-6,9,12H,7-8H2,1-2H3. The van der Waals surface area contributed by atoms with Crippen LogP contribution >= 0.6 is 11.6 Å². The van der Waals surface area contributed by atoms with E-state index in [-0.39, 0.29) is 5.91 Å². The van der Waals surface area contributed by atoms with Crippen LogP contribution in [-0.4, -0.2) is 11.9 Å². The first-order valence-electron chi connectivity index (χ1n) is 5.67. The number of carbonyl (C=O) groups is 1. The zero-order chi connectivity index (χ0) is 11.7. The topological polar surface area (TPSA) is 20.3 Å². The van der Waals surface area contributed by atoms with Gasteiger partial charge in [0.2, 0.25) is 5.91 Å². The van der Waals surface area contributed by atoms with Crippen LogP contribution in [0.2, 0.25) is 5.02 Å². The first kappa shape index (κ1) is 11.5. The second-order valence-corrected chi connectivity index (χ2v) is 5.03. The highest BCUT2D eigenvalue weighted by atomic mass is 35.5. The molecule has 3 heteroatoms. The number of rotatable bonds is 2. The molecule has 1 fully saturated rings. The van der Waals surface area contributed by atoms with Crippen LogP contribution in [0, 0.1) is 5.92 Å². The Hall–Kier alpha value is -1.02. The average Bonchev–Trinajstić information content (AvgIpc) is 2.62. The van der Waals surface area contributed by atoms with Gasteiger partial charge in [0.1, 0.15) is 0 Å². The summed E-state index contributed by atoms with van der Waals surface area (Å²) in [5, 5.41) is 0.705. The van der Waals surface area contributed by atoms with Gasteiger partial charge in [-0.15, -0.1) is 0 Å². The quantitative estimate of drug-likeness (QED) is 0.771. The molecular formula is C13H16ClNO. The third-order valence-corrected chi connectivity index (χ3v) is 3.38. The van der Waals surface area contributed by atoms with Gasteiger partial charge in [-0.05, 0) is 36.6 Å². The Bertz CT molecular complexity index is 385. The summed E-state index contributed by atoms with van der Waals surface area (Å²) in [4.78, 5) is 13.8. The predicted molar refractivity (Wildman–Crippen MR) is 66.8 cm³/mol. The van der Waals surface area contributed by atoms with Crippen LogP contribution < -0.4 is 4.90 Å². The van der Waals surface area contributed by atoms with Crippen molar-refractivity contribution in [3.63, 3.8) is 0 Å². The van der Waals surface area contributed by atoms with Crippen molar-refractivity contribution in [1.82, 2.24) is 0 Å². The number of nitrogens with zero attached hydrogens (tertiary/aromatic N) is 1. The minimum absolute atomic E-state index is 0.223. The molecule has 1 saturated heterocycles. The zero-order valence-electron chi connectivity index (χ0n) is 9.61. The van der Waals surface area contributed by atoms with Crippen LogP contribution in [0.1, 0.15) is 26.7 Å². The Morgan fingerprint density at radius 2 is 1.94 bits per heavy atom. The number of hydrogen-bond acceptors (Lipinski definition) is 1. The lowest BCUT2D eigenvalue weighted by atomic mass is 10.0. The monoisotopic (exact) mass is 237 g/mol. The lowest BCUT2D eigenvalue weighted by molar-refractivity contribution is -0.117. The Kier molecular flexibility index (Phi) is 3.20. The van der Waals surface area contributed by atoms with Gasteiger partial charge < -0.3 is 4.90 Å². The maximum atomic E-state index is 11.9. The number of halogens is 1. The van der Waals surface area contributed by atoms with Crippen molar-refractivity contribution in [1.29, 1.82) is 0 Å². The van der Waals surface area contributed by atoms with Gasteiger partial charge in [-0.2, -0.15) is 0 Å². The molecule has 1 aliphatic rings. The van der Waals surface area contributed by atoms with Gasteiger partial charge in [0, 0.05) is 23.2 Å². The fraction of sp³-hybridized carbons (Fsp3) is 0.462. The Balaban J connectivity index is 2.30. The highest BCUT2D eigenvalue weighted by Crippen LogP contribution is 2.31. The molecule has 0 saturated carbocycles. The van der Waals surface area contributed by atoms with Crippen molar-refractivity contribution in [2.24, 2.45) is 5.92 Å². The molecule has 1 aromatic rings. The molecule has 86 valence electrons. The lowest BCUT2D eigenvalue weighted by Crippen LogP contribution is -2.36. The van der Waals surface area contributed by atoms with E-state index < -0.39 is 0 Å². The first-order chi connectivity index (χ1) is 7.59. The van der Waals surface area contributed by atoms with E-state index >= 15 is 0 Å². The van der Waals surface area contributed by atoms with E-state index in [1.165, 1.54) is 0 Å². The van der Waals surface area contributed by atoms with E-state index in [0.29, 0.717) is 23.4 Å². The fourth-order valence-corrected chi connectivity index (χ4v) is 2.40. The molecule has 1 amide bonds. The summed E-state index contributed by atoms with van der Waals surface area (Å²) in [5.74, 6) is 0.711. The third kappa shape index (κ3) is 2.07. The van der Waals surface area contributed by atoms with Gasteiger partial charge in [-0.3, -0.25) is 4.79 Å². The Morgan fingerprint density at radius 1 is 1.31 bits per heavy atom. The number of benzene rings is 1. The van der Waals surface area contributed by atoms with Crippen LogP contribution in [-0.2, 0) is 4.79 Å².